The van der Waals surface area contributed by atoms with Crippen molar-refractivity contribution in [1.82, 2.24) is 14.6 Å². The molecule has 2 heterocycles. The first-order chi connectivity index (χ1) is 10.3. The molecule has 0 aliphatic carbocycles. The molecule has 1 aromatic carbocycles. The molecule has 0 aliphatic heterocycles. The third-order valence-electron chi connectivity index (χ3n) is 3.08. The Morgan fingerprint density at radius 3 is 2.76 bits per heavy atom. The Balaban J connectivity index is 1.95. The lowest BCUT2D eigenvalue weighted by Gasteiger charge is -2.09. The van der Waals surface area contributed by atoms with E-state index in [1.807, 2.05) is 48.2 Å². The second-order valence-electron chi connectivity index (χ2n) is 4.74. The van der Waals surface area contributed by atoms with E-state index >= 15 is 0 Å². The molecule has 2 aromatic heterocycles. The zero-order valence-electron chi connectivity index (χ0n) is 12.1. The summed E-state index contributed by atoms with van der Waals surface area (Å²) in [5.41, 5.74) is 3.03. The van der Waals surface area contributed by atoms with Crippen molar-refractivity contribution >= 4 is 17.4 Å². The number of aromatic nitrogens is 3. The summed E-state index contributed by atoms with van der Waals surface area (Å²) >= 11 is 1.84. The highest BCUT2D eigenvalue weighted by Gasteiger charge is 2.08. The molecule has 0 radical (unpaired) electrons. The zero-order chi connectivity index (χ0) is 14.7. The molecule has 0 bridgehead atoms. The number of fused-ring (bicyclic) bond motifs is 1. The summed E-state index contributed by atoms with van der Waals surface area (Å²) in [5.74, 6) is 3.45. The molecule has 4 nitrogen and oxygen atoms in total. The molecule has 0 N–H and O–H groups in total. The van der Waals surface area contributed by atoms with Gasteiger partial charge in [0.05, 0.1) is 11.9 Å². The van der Waals surface area contributed by atoms with Crippen molar-refractivity contribution in [3.63, 3.8) is 0 Å². The highest BCUT2D eigenvalue weighted by atomic mass is 32.2. The van der Waals surface area contributed by atoms with Gasteiger partial charge in [-0.3, -0.25) is 0 Å². The van der Waals surface area contributed by atoms with Gasteiger partial charge in [0.1, 0.15) is 5.75 Å². The summed E-state index contributed by atoms with van der Waals surface area (Å²) in [4.78, 5) is 4.59. The third kappa shape index (κ3) is 3.19. The van der Waals surface area contributed by atoms with Crippen LogP contribution in [0.4, 0.5) is 0 Å². The van der Waals surface area contributed by atoms with E-state index in [4.69, 9.17) is 4.74 Å². The van der Waals surface area contributed by atoms with Crippen LogP contribution in [-0.2, 0) is 5.75 Å². The lowest BCUT2D eigenvalue weighted by molar-refractivity contribution is 0.445. The number of nitrogens with zero attached hydrogens (tertiary/aromatic N) is 3. The van der Waals surface area contributed by atoms with Gasteiger partial charge in [0.15, 0.2) is 5.65 Å². The van der Waals surface area contributed by atoms with E-state index in [9.17, 15) is 0 Å². The first-order valence-corrected chi connectivity index (χ1v) is 8.07. The fourth-order valence-electron chi connectivity index (χ4n) is 2.01. The molecule has 108 valence electrons. The minimum absolute atomic E-state index is 0.695. The Hall–Kier alpha value is -2.01. The van der Waals surface area contributed by atoms with Gasteiger partial charge in [-0.15, -0.1) is 0 Å². The molecular formula is C16H17N3OS. The van der Waals surface area contributed by atoms with Crippen molar-refractivity contribution in [3.05, 3.63) is 53.9 Å². The Morgan fingerprint density at radius 2 is 2.00 bits per heavy atom. The van der Waals surface area contributed by atoms with Crippen LogP contribution in [0.25, 0.3) is 5.65 Å². The number of benzene rings is 1. The minimum Gasteiger partial charge on any atom is -0.439 e. The monoisotopic (exact) mass is 299 g/mol. The van der Waals surface area contributed by atoms with Crippen LogP contribution in [0.5, 0.6) is 11.6 Å². The Morgan fingerprint density at radius 1 is 1.19 bits per heavy atom. The van der Waals surface area contributed by atoms with E-state index in [2.05, 4.69) is 23.9 Å². The van der Waals surface area contributed by atoms with Gasteiger partial charge < -0.3 is 4.74 Å². The average Bonchev–Trinajstić information content (AvgIpc) is 2.96. The zero-order valence-corrected chi connectivity index (χ0v) is 12.9. The quantitative estimate of drug-likeness (QED) is 0.711. The van der Waals surface area contributed by atoms with Crippen LogP contribution < -0.4 is 4.74 Å². The van der Waals surface area contributed by atoms with Gasteiger partial charge in [-0.05, 0) is 24.8 Å². The van der Waals surface area contributed by atoms with Gasteiger partial charge in [-0.25, -0.2) is 4.98 Å². The Labute approximate surface area is 128 Å². The maximum atomic E-state index is 5.98. The molecule has 0 spiro atoms. The number of ether oxygens (including phenoxy) is 1. The maximum absolute atomic E-state index is 5.98. The number of hydrogen-bond acceptors (Lipinski definition) is 4. The normalized spacial score (nSPS) is 11.0. The second-order valence-corrected chi connectivity index (χ2v) is 6.01. The molecule has 3 rings (SSSR count). The molecular weight excluding hydrogens is 282 g/mol. The SMILES string of the molecule is CCSCc1cc(Oc2ccc(C)cc2)n2nccc2n1. The van der Waals surface area contributed by atoms with Gasteiger partial charge in [0.2, 0.25) is 5.88 Å². The van der Waals surface area contributed by atoms with Crippen LogP contribution in [0.1, 0.15) is 18.2 Å². The molecule has 0 aliphatic rings. The predicted molar refractivity (Wildman–Crippen MR) is 86.1 cm³/mol. The Bertz CT molecular complexity index is 737. The van der Waals surface area contributed by atoms with E-state index in [0.717, 1.165) is 28.6 Å². The molecule has 0 saturated carbocycles. The number of aryl methyl sites for hydroxylation is 1. The highest BCUT2D eigenvalue weighted by Crippen LogP contribution is 2.24. The van der Waals surface area contributed by atoms with Crippen molar-refractivity contribution in [2.75, 3.05) is 5.75 Å². The first kappa shape index (κ1) is 13.9. The van der Waals surface area contributed by atoms with Crippen LogP contribution in [0.2, 0.25) is 0 Å². The van der Waals surface area contributed by atoms with Gasteiger partial charge in [-0.2, -0.15) is 21.4 Å². The smallest absolute Gasteiger partial charge is 0.224 e. The topological polar surface area (TPSA) is 39.4 Å². The van der Waals surface area contributed by atoms with Crippen molar-refractivity contribution in [1.29, 1.82) is 0 Å². The molecule has 0 fully saturated rings. The summed E-state index contributed by atoms with van der Waals surface area (Å²) in [7, 11) is 0. The van der Waals surface area contributed by atoms with Crippen molar-refractivity contribution in [2.45, 2.75) is 19.6 Å². The molecule has 21 heavy (non-hydrogen) atoms. The molecule has 0 saturated heterocycles. The number of thioether (sulfide) groups is 1. The van der Waals surface area contributed by atoms with Gasteiger partial charge >= 0.3 is 0 Å². The fraction of sp³-hybridized carbons (Fsp3) is 0.250. The van der Waals surface area contributed by atoms with Crippen molar-refractivity contribution < 1.29 is 4.74 Å². The van der Waals surface area contributed by atoms with Gasteiger partial charge in [-0.1, -0.05) is 24.6 Å². The van der Waals surface area contributed by atoms with Gasteiger partial charge in [0.25, 0.3) is 0 Å². The summed E-state index contributed by atoms with van der Waals surface area (Å²) in [6.07, 6.45) is 1.74. The van der Waals surface area contributed by atoms with E-state index in [-0.39, 0.29) is 0 Å². The molecule has 0 unspecified atom stereocenters. The van der Waals surface area contributed by atoms with E-state index < -0.39 is 0 Å². The summed E-state index contributed by atoms with van der Waals surface area (Å²) < 4.78 is 7.70. The van der Waals surface area contributed by atoms with Crippen LogP contribution in [0.3, 0.4) is 0 Å². The minimum atomic E-state index is 0.695. The summed E-state index contributed by atoms with van der Waals surface area (Å²) in [6.45, 7) is 4.20. The fourth-order valence-corrected chi connectivity index (χ4v) is 2.58. The maximum Gasteiger partial charge on any atom is 0.224 e. The van der Waals surface area contributed by atoms with Crippen LogP contribution in [0.15, 0.2) is 42.6 Å². The molecule has 0 amide bonds. The number of hydrogen-bond donors (Lipinski definition) is 0. The molecule has 3 aromatic rings. The summed E-state index contributed by atoms with van der Waals surface area (Å²) in [5, 5.41) is 4.28. The van der Waals surface area contributed by atoms with E-state index in [1.165, 1.54) is 5.56 Å². The first-order valence-electron chi connectivity index (χ1n) is 6.92. The van der Waals surface area contributed by atoms with E-state index in [1.54, 1.807) is 10.7 Å². The molecule has 5 heteroatoms. The van der Waals surface area contributed by atoms with E-state index in [0.29, 0.717) is 5.88 Å². The molecule has 0 atom stereocenters. The average molecular weight is 299 g/mol. The standard InChI is InChI=1S/C16H17N3OS/c1-3-21-11-13-10-16(19-15(18-13)8-9-17-19)20-14-6-4-12(2)5-7-14/h4-10H,3,11H2,1-2H3. The van der Waals surface area contributed by atoms with Gasteiger partial charge in [0, 0.05) is 17.9 Å². The van der Waals surface area contributed by atoms with Crippen LogP contribution in [0, 0.1) is 6.92 Å². The third-order valence-corrected chi connectivity index (χ3v) is 3.99. The Kier molecular flexibility index (Phi) is 4.10. The van der Waals surface area contributed by atoms with Crippen LogP contribution >= 0.6 is 11.8 Å². The van der Waals surface area contributed by atoms with Crippen molar-refractivity contribution in [3.8, 4) is 11.6 Å². The lowest BCUT2D eigenvalue weighted by atomic mass is 10.2. The lowest BCUT2D eigenvalue weighted by Crippen LogP contribution is -2.00. The largest absolute Gasteiger partial charge is 0.439 e. The predicted octanol–water partition coefficient (Wildman–Crippen LogP) is 4.08. The summed E-state index contributed by atoms with van der Waals surface area (Å²) in [6, 6.07) is 11.8. The highest BCUT2D eigenvalue weighted by molar-refractivity contribution is 7.98. The van der Waals surface area contributed by atoms with Crippen molar-refractivity contribution in [2.24, 2.45) is 0 Å². The number of rotatable bonds is 5. The van der Waals surface area contributed by atoms with Crippen LogP contribution in [-0.4, -0.2) is 20.4 Å². The second kappa shape index (κ2) is 6.18.